The van der Waals surface area contributed by atoms with Crippen LogP contribution in [0.15, 0.2) is 72.8 Å². The van der Waals surface area contributed by atoms with Crippen LogP contribution in [0.25, 0.3) is 0 Å². The first-order valence-electron chi connectivity index (χ1n) is 14.6. The van der Waals surface area contributed by atoms with Gasteiger partial charge in [-0.3, -0.25) is 0 Å². The van der Waals surface area contributed by atoms with Gasteiger partial charge in [-0.2, -0.15) is 0 Å². The molecule has 2 aliphatic rings. The van der Waals surface area contributed by atoms with Crippen LogP contribution in [0.1, 0.15) is 46.2 Å². The summed E-state index contributed by atoms with van der Waals surface area (Å²) in [4.78, 5) is 21.8. The van der Waals surface area contributed by atoms with Crippen molar-refractivity contribution in [2.45, 2.75) is 50.7 Å². The van der Waals surface area contributed by atoms with Crippen LogP contribution in [0, 0.1) is 0 Å². The highest BCUT2D eigenvalue weighted by Gasteiger charge is 2.25. The van der Waals surface area contributed by atoms with Gasteiger partial charge in [-0.25, -0.2) is 9.59 Å². The molecule has 0 saturated carbocycles. The van der Waals surface area contributed by atoms with Crippen LogP contribution in [-0.2, 0) is 54.1 Å². The Morgan fingerprint density at radius 3 is 1.17 bits per heavy atom. The maximum absolute atomic E-state index is 10.9. The molecule has 0 spiro atoms. The minimum Gasteiger partial charge on any atom is -0.430 e. The van der Waals surface area contributed by atoms with E-state index in [0.29, 0.717) is 26.4 Å². The number of cyclic esters (lactones) is 4. The maximum Gasteiger partial charge on any atom is 0.508 e. The smallest absolute Gasteiger partial charge is 0.430 e. The largest absolute Gasteiger partial charge is 0.508 e. The van der Waals surface area contributed by atoms with Crippen LogP contribution >= 0.6 is 0 Å². The van der Waals surface area contributed by atoms with Crippen LogP contribution in [0.5, 0.6) is 0 Å². The van der Waals surface area contributed by atoms with Gasteiger partial charge in [0.2, 0.25) is 0 Å². The summed E-state index contributed by atoms with van der Waals surface area (Å²) in [5.74, 6) is 0. The van der Waals surface area contributed by atoms with Crippen molar-refractivity contribution in [3.63, 3.8) is 0 Å². The number of hydrogen-bond donors (Lipinski definition) is 0. The highest BCUT2D eigenvalue weighted by atomic mass is 16.8. The lowest BCUT2D eigenvalue weighted by Crippen LogP contribution is -2.18. The first-order valence-corrected chi connectivity index (χ1v) is 14.6. The lowest BCUT2D eigenvalue weighted by molar-refractivity contribution is 0.0450. The van der Waals surface area contributed by atoms with Crippen molar-refractivity contribution in [1.82, 2.24) is 0 Å². The molecule has 3 aromatic rings. The van der Waals surface area contributed by atoms with Gasteiger partial charge in [0.1, 0.15) is 13.2 Å². The highest BCUT2D eigenvalue weighted by Crippen LogP contribution is 2.17. The number of hydrogen-bond acceptors (Lipinski definition) is 8. The Kier molecular flexibility index (Phi) is 10.8. The third kappa shape index (κ3) is 9.60. The van der Waals surface area contributed by atoms with E-state index in [1.807, 2.05) is 0 Å². The number of benzene rings is 3. The molecule has 2 unspecified atom stereocenters. The fourth-order valence-corrected chi connectivity index (χ4v) is 4.97. The molecule has 8 heteroatoms. The molecule has 3 aromatic carbocycles. The second-order valence-electron chi connectivity index (χ2n) is 10.8. The summed E-state index contributed by atoms with van der Waals surface area (Å²) in [5.41, 5.74) is 7.76. The molecule has 0 N–H and O–H groups in total. The van der Waals surface area contributed by atoms with E-state index in [0.717, 1.165) is 38.5 Å². The number of carbonyl (C=O) groups is 2. The molecule has 2 atom stereocenters. The Bertz CT molecular complexity index is 1170. The SMILES string of the molecule is O=C1OCC(COCCCc2ccc(Cc3ccc(Cc4ccc(CCCOCC5COC(=O)O5)cc4)cc3)cc2)O1. The molecule has 222 valence electrons. The van der Waals surface area contributed by atoms with Gasteiger partial charge in [-0.1, -0.05) is 72.8 Å². The molecule has 0 aliphatic carbocycles. The second kappa shape index (κ2) is 15.4. The zero-order valence-corrected chi connectivity index (χ0v) is 23.8. The summed E-state index contributed by atoms with van der Waals surface area (Å²) in [6.45, 7) is 2.56. The number of carbonyl (C=O) groups excluding carboxylic acids is 2. The summed E-state index contributed by atoms with van der Waals surface area (Å²) < 4.78 is 30.6. The Morgan fingerprint density at radius 1 is 0.524 bits per heavy atom. The van der Waals surface area contributed by atoms with E-state index in [-0.39, 0.29) is 25.4 Å². The third-order valence-electron chi connectivity index (χ3n) is 7.30. The first-order chi connectivity index (χ1) is 20.6. The molecular formula is C34H38O8. The van der Waals surface area contributed by atoms with E-state index in [1.165, 1.54) is 33.4 Å². The predicted octanol–water partition coefficient (Wildman–Crippen LogP) is 5.84. The number of aryl methyl sites for hydroxylation is 2. The van der Waals surface area contributed by atoms with E-state index in [1.54, 1.807) is 0 Å². The Hall–Kier alpha value is -3.88. The Balaban J connectivity index is 0.966. The Labute approximate surface area is 246 Å². The fraction of sp³-hybridized carbons (Fsp3) is 0.412. The lowest BCUT2D eigenvalue weighted by atomic mass is 9.98. The van der Waals surface area contributed by atoms with Crippen LogP contribution in [0.2, 0.25) is 0 Å². The number of ether oxygens (including phenoxy) is 6. The van der Waals surface area contributed by atoms with Gasteiger partial charge in [-0.05, 0) is 71.9 Å². The summed E-state index contributed by atoms with van der Waals surface area (Å²) in [6.07, 6.45) is 3.75. The molecule has 5 rings (SSSR count). The summed E-state index contributed by atoms with van der Waals surface area (Å²) >= 11 is 0. The highest BCUT2D eigenvalue weighted by molar-refractivity contribution is 5.62. The zero-order chi connectivity index (χ0) is 29.0. The molecule has 2 fully saturated rings. The molecule has 0 radical (unpaired) electrons. The van der Waals surface area contributed by atoms with Crippen LogP contribution < -0.4 is 0 Å². The molecule has 2 aliphatic heterocycles. The van der Waals surface area contributed by atoms with E-state index in [9.17, 15) is 9.59 Å². The zero-order valence-electron chi connectivity index (χ0n) is 23.8. The van der Waals surface area contributed by atoms with E-state index in [4.69, 9.17) is 28.4 Å². The number of rotatable bonds is 16. The van der Waals surface area contributed by atoms with Gasteiger partial charge in [0.05, 0.1) is 13.2 Å². The van der Waals surface area contributed by atoms with Crippen molar-refractivity contribution in [3.05, 3.63) is 106 Å². The molecule has 8 nitrogen and oxygen atoms in total. The van der Waals surface area contributed by atoms with Crippen molar-refractivity contribution in [2.75, 3.05) is 39.6 Å². The van der Waals surface area contributed by atoms with Crippen molar-refractivity contribution < 1.29 is 38.0 Å². The lowest BCUT2D eigenvalue weighted by Gasteiger charge is -2.09. The van der Waals surface area contributed by atoms with Crippen molar-refractivity contribution >= 4 is 12.3 Å². The van der Waals surface area contributed by atoms with Gasteiger partial charge < -0.3 is 28.4 Å². The monoisotopic (exact) mass is 574 g/mol. The van der Waals surface area contributed by atoms with Gasteiger partial charge >= 0.3 is 12.3 Å². The van der Waals surface area contributed by atoms with Crippen LogP contribution in [0.3, 0.4) is 0 Å². The molecule has 0 amide bonds. The standard InChI is InChI=1S/C34H38O8/c35-33-39-23-31(41-33)21-37-17-1-3-25-5-9-27(10-6-25)19-29-13-15-30(16-14-29)20-28-11-7-26(8-12-28)4-2-18-38-22-32-24-40-34(36)42-32/h5-16,31-32H,1-4,17-24H2. The quantitative estimate of drug-likeness (QED) is 0.156. The molecule has 2 heterocycles. The van der Waals surface area contributed by atoms with Crippen LogP contribution in [0.4, 0.5) is 9.59 Å². The van der Waals surface area contributed by atoms with E-state index in [2.05, 4.69) is 72.8 Å². The maximum atomic E-state index is 10.9. The average Bonchev–Trinajstić information content (AvgIpc) is 3.62. The van der Waals surface area contributed by atoms with Crippen LogP contribution in [-0.4, -0.2) is 64.2 Å². The first kappa shape index (κ1) is 29.6. The van der Waals surface area contributed by atoms with Crippen molar-refractivity contribution in [2.24, 2.45) is 0 Å². The van der Waals surface area contributed by atoms with Gasteiger partial charge in [0, 0.05) is 13.2 Å². The third-order valence-corrected chi connectivity index (χ3v) is 7.30. The van der Waals surface area contributed by atoms with Crippen molar-refractivity contribution in [3.8, 4) is 0 Å². The van der Waals surface area contributed by atoms with Gasteiger partial charge in [0.15, 0.2) is 12.2 Å². The summed E-state index contributed by atoms with van der Waals surface area (Å²) in [5, 5.41) is 0. The second-order valence-corrected chi connectivity index (χ2v) is 10.8. The molecular weight excluding hydrogens is 536 g/mol. The summed E-state index contributed by atoms with van der Waals surface area (Å²) in [7, 11) is 0. The van der Waals surface area contributed by atoms with Crippen molar-refractivity contribution in [1.29, 1.82) is 0 Å². The average molecular weight is 575 g/mol. The molecule has 2 saturated heterocycles. The van der Waals surface area contributed by atoms with Gasteiger partial charge in [0.25, 0.3) is 0 Å². The topological polar surface area (TPSA) is 89.5 Å². The molecule has 42 heavy (non-hydrogen) atoms. The molecule has 0 aromatic heterocycles. The van der Waals surface area contributed by atoms with E-state index >= 15 is 0 Å². The predicted molar refractivity (Wildman–Crippen MR) is 156 cm³/mol. The van der Waals surface area contributed by atoms with E-state index < -0.39 is 12.3 Å². The normalized spacial score (nSPS) is 17.9. The minimum atomic E-state index is -0.610. The molecule has 0 bridgehead atoms. The van der Waals surface area contributed by atoms with Gasteiger partial charge in [-0.15, -0.1) is 0 Å². The minimum absolute atomic E-state index is 0.274. The Morgan fingerprint density at radius 2 is 0.857 bits per heavy atom. The fourth-order valence-electron chi connectivity index (χ4n) is 4.97. The summed E-state index contributed by atoms with van der Waals surface area (Å²) in [6, 6.07) is 26.5.